The summed E-state index contributed by atoms with van der Waals surface area (Å²) < 4.78 is 1.99. The van der Waals surface area contributed by atoms with Gasteiger partial charge in [-0.3, -0.25) is 4.79 Å². The Bertz CT molecular complexity index is 594. The number of likely N-dealkylation sites (tertiary alicyclic amines) is 1. The lowest BCUT2D eigenvalue weighted by Crippen LogP contribution is -2.55. The molecule has 1 saturated carbocycles. The second-order valence-corrected chi connectivity index (χ2v) is 7.99. The number of amides is 1. The van der Waals surface area contributed by atoms with Crippen molar-refractivity contribution >= 4 is 5.91 Å². The highest BCUT2D eigenvalue weighted by atomic mass is 16.2. The molecule has 1 aromatic heterocycles. The minimum Gasteiger partial charge on any atom is -0.342 e. The van der Waals surface area contributed by atoms with Crippen LogP contribution in [0.25, 0.3) is 0 Å². The fraction of sp³-hybridized carbons (Fsp3) is 0.833. The first kappa shape index (κ1) is 17.4. The first-order valence-electron chi connectivity index (χ1n) is 9.32. The summed E-state index contributed by atoms with van der Waals surface area (Å²) in [5.74, 6) is 2.49. The van der Waals surface area contributed by atoms with Crippen LogP contribution in [0.2, 0.25) is 0 Å². The van der Waals surface area contributed by atoms with E-state index in [0.717, 1.165) is 69.8 Å². The molecule has 134 valence electrons. The summed E-state index contributed by atoms with van der Waals surface area (Å²) in [6.45, 7) is 8.51. The van der Waals surface area contributed by atoms with Crippen molar-refractivity contribution in [3.05, 3.63) is 11.6 Å². The van der Waals surface area contributed by atoms with Crippen molar-refractivity contribution in [2.45, 2.75) is 71.4 Å². The Labute approximate surface area is 144 Å². The van der Waals surface area contributed by atoms with Gasteiger partial charge in [0.2, 0.25) is 5.91 Å². The number of nitrogens with two attached hydrogens (primary N) is 1. The monoisotopic (exact) mass is 333 g/mol. The third-order valence-corrected chi connectivity index (χ3v) is 5.78. The molecule has 3 rings (SSSR count). The smallest absolute Gasteiger partial charge is 0.227 e. The Balaban J connectivity index is 1.64. The van der Waals surface area contributed by atoms with Gasteiger partial charge in [-0.15, -0.1) is 0 Å². The van der Waals surface area contributed by atoms with Gasteiger partial charge in [0, 0.05) is 25.2 Å². The van der Waals surface area contributed by atoms with E-state index in [1.54, 1.807) is 0 Å². The second-order valence-electron chi connectivity index (χ2n) is 7.99. The molecule has 0 spiro atoms. The lowest BCUT2D eigenvalue weighted by Gasteiger charge is -2.42. The molecule has 1 saturated heterocycles. The predicted molar refractivity (Wildman–Crippen MR) is 93.4 cm³/mol. The zero-order valence-electron chi connectivity index (χ0n) is 15.3. The lowest BCUT2D eigenvalue weighted by atomic mass is 9.73. The van der Waals surface area contributed by atoms with Gasteiger partial charge < -0.3 is 10.6 Å². The minimum absolute atomic E-state index is 0.0136. The van der Waals surface area contributed by atoms with Crippen LogP contribution in [-0.4, -0.2) is 44.2 Å². The summed E-state index contributed by atoms with van der Waals surface area (Å²) >= 11 is 0. The maximum atomic E-state index is 13.0. The van der Waals surface area contributed by atoms with E-state index in [1.807, 2.05) is 18.5 Å². The fourth-order valence-corrected chi connectivity index (χ4v) is 4.38. The number of nitrogens with zero attached hydrogens (tertiary/aromatic N) is 4. The molecule has 2 N–H and O–H groups in total. The Morgan fingerprint density at radius 3 is 2.75 bits per heavy atom. The molecule has 1 aromatic rings. The van der Waals surface area contributed by atoms with Crippen LogP contribution in [0.5, 0.6) is 0 Å². The molecule has 1 amide bonds. The third kappa shape index (κ3) is 3.63. The number of hydrogen-bond donors (Lipinski definition) is 1. The third-order valence-electron chi connectivity index (χ3n) is 5.78. The van der Waals surface area contributed by atoms with Gasteiger partial charge in [-0.2, -0.15) is 5.10 Å². The Morgan fingerprint density at radius 1 is 1.29 bits per heavy atom. The van der Waals surface area contributed by atoms with E-state index >= 15 is 0 Å². The van der Waals surface area contributed by atoms with E-state index < -0.39 is 0 Å². The summed E-state index contributed by atoms with van der Waals surface area (Å²) in [6, 6.07) is 0. The Hall–Kier alpha value is -1.43. The molecule has 1 aliphatic heterocycles. The number of aromatic nitrogens is 3. The van der Waals surface area contributed by atoms with Crippen molar-refractivity contribution in [2.24, 2.45) is 17.6 Å². The fourth-order valence-electron chi connectivity index (χ4n) is 4.38. The predicted octanol–water partition coefficient (Wildman–Crippen LogP) is 2.04. The topological polar surface area (TPSA) is 77.0 Å². The van der Waals surface area contributed by atoms with Crippen molar-refractivity contribution in [3.8, 4) is 0 Å². The van der Waals surface area contributed by atoms with Crippen LogP contribution in [0.1, 0.15) is 57.1 Å². The van der Waals surface area contributed by atoms with E-state index in [4.69, 9.17) is 5.73 Å². The van der Waals surface area contributed by atoms with Gasteiger partial charge in [-0.05, 0) is 52.4 Å². The molecular weight excluding hydrogens is 302 g/mol. The number of rotatable bonds is 3. The van der Waals surface area contributed by atoms with Crippen LogP contribution in [0.15, 0.2) is 0 Å². The Kier molecular flexibility index (Phi) is 4.95. The normalized spacial score (nSPS) is 31.2. The standard InChI is InChI=1S/C18H31N5O/c1-13-20-14(2)23(21-13)12-15-7-6-10-22(11-15)17(24)16-8-4-5-9-18(16,3)19/h15-16H,4-12,19H2,1-3H3. The van der Waals surface area contributed by atoms with Crippen LogP contribution < -0.4 is 5.73 Å². The van der Waals surface area contributed by atoms with E-state index in [1.165, 1.54) is 0 Å². The molecule has 24 heavy (non-hydrogen) atoms. The quantitative estimate of drug-likeness (QED) is 0.918. The van der Waals surface area contributed by atoms with Gasteiger partial charge in [0.05, 0.1) is 5.92 Å². The van der Waals surface area contributed by atoms with Crippen LogP contribution in [0.4, 0.5) is 0 Å². The number of carbonyl (C=O) groups is 1. The molecule has 6 nitrogen and oxygen atoms in total. The largest absolute Gasteiger partial charge is 0.342 e. The van der Waals surface area contributed by atoms with Crippen molar-refractivity contribution in [1.29, 1.82) is 0 Å². The van der Waals surface area contributed by atoms with Gasteiger partial charge in [0.25, 0.3) is 0 Å². The number of carbonyl (C=O) groups excluding carboxylic acids is 1. The van der Waals surface area contributed by atoms with Gasteiger partial charge >= 0.3 is 0 Å². The molecule has 1 aliphatic carbocycles. The van der Waals surface area contributed by atoms with E-state index in [-0.39, 0.29) is 17.4 Å². The second kappa shape index (κ2) is 6.82. The molecule has 6 heteroatoms. The summed E-state index contributed by atoms with van der Waals surface area (Å²) in [5, 5.41) is 4.47. The van der Waals surface area contributed by atoms with Gasteiger partial charge in [-0.25, -0.2) is 9.67 Å². The molecule has 2 fully saturated rings. The van der Waals surface area contributed by atoms with E-state index in [2.05, 4.69) is 21.9 Å². The van der Waals surface area contributed by atoms with E-state index in [0.29, 0.717) is 5.92 Å². The maximum Gasteiger partial charge on any atom is 0.227 e. The number of aryl methyl sites for hydroxylation is 2. The summed E-state index contributed by atoms with van der Waals surface area (Å²) in [5.41, 5.74) is 6.10. The molecule has 0 bridgehead atoms. The summed E-state index contributed by atoms with van der Waals surface area (Å²) in [6.07, 6.45) is 6.37. The zero-order chi connectivity index (χ0) is 17.3. The molecule has 2 aliphatic rings. The highest BCUT2D eigenvalue weighted by molar-refractivity contribution is 5.80. The van der Waals surface area contributed by atoms with Crippen LogP contribution >= 0.6 is 0 Å². The summed E-state index contributed by atoms with van der Waals surface area (Å²) in [7, 11) is 0. The molecule has 3 unspecified atom stereocenters. The average molecular weight is 333 g/mol. The Morgan fingerprint density at radius 2 is 2.08 bits per heavy atom. The SMILES string of the molecule is Cc1nc(C)n(CC2CCCN(C(=O)C3CCCCC3(C)N)C2)n1. The maximum absolute atomic E-state index is 13.0. The van der Waals surface area contributed by atoms with Crippen molar-refractivity contribution in [1.82, 2.24) is 19.7 Å². The van der Waals surface area contributed by atoms with Gasteiger partial charge in [0.15, 0.2) is 0 Å². The van der Waals surface area contributed by atoms with Crippen molar-refractivity contribution in [2.75, 3.05) is 13.1 Å². The van der Waals surface area contributed by atoms with E-state index in [9.17, 15) is 4.79 Å². The number of piperidine rings is 1. The van der Waals surface area contributed by atoms with Crippen LogP contribution in [-0.2, 0) is 11.3 Å². The lowest BCUT2D eigenvalue weighted by molar-refractivity contribution is -0.140. The highest BCUT2D eigenvalue weighted by Gasteiger charge is 2.40. The summed E-state index contributed by atoms with van der Waals surface area (Å²) in [4.78, 5) is 19.5. The van der Waals surface area contributed by atoms with Gasteiger partial charge in [0.1, 0.15) is 11.6 Å². The minimum atomic E-state index is -0.345. The van der Waals surface area contributed by atoms with Crippen LogP contribution in [0.3, 0.4) is 0 Å². The highest BCUT2D eigenvalue weighted by Crippen LogP contribution is 2.34. The van der Waals surface area contributed by atoms with Crippen LogP contribution in [0, 0.1) is 25.7 Å². The first-order chi connectivity index (χ1) is 11.4. The molecule has 3 atom stereocenters. The molecule has 0 radical (unpaired) electrons. The first-order valence-corrected chi connectivity index (χ1v) is 9.32. The average Bonchev–Trinajstić information content (AvgIpc) is 2.84. The van der Waals surface area contributed by atoms with Gasteiger partial charge in [-0.1, -0.05) is 12.8 Å². The molecule has 2 heterocycles. The molecule has 0 aromatic carbocycles. The van der Waals surface area contributed by atoms with Crippen molar-refractivity contribution < 1.29 is 4.79 Å². The number of hydrogen-bond acceptors (Lipinski definition) is 4. The zero-order valence-corrected chi connectivity index (χ0v) is 15.3. The molecular formula is C18H31N5O. The van der Waals surface area contributed by atoms with Crippen molar-refractivity contribution in [3.63, 3.8) is 0 Å².